The highest BCUT2D eigenvalue weighted by molar-refractivity contribution is 5.72. The van der Waals surface area contributed by atoms with Crippen molar-refractivity contribution in [1.29, 1.82) is 0 Å². The van der Waals surface area contributed by atoms with Crippen LogP contribution in [0.3, 0.4) is 0 Å². The summed E-state index contributed by atoms with van der Waals surface area (Å²) in [5, 5.41) is 13.9. The standard InChI is InChI=1S/C13H21N5O2/c1-2-3-4-8-20-12(19)10-18-7-5-6-11(9-18)13-14-16-17-15-13/h6H,2-5,7-10H2,1H3,(H,14,15,16,17). The second-order valence-corrected chi connectivity index (χ2v) is 4.89. The molecule has 0 unspecified atom stereocenters. The molecular weight excluding hydrogens is 258 g/mol. The molecule has 1 N–H and O–H groups in total. The van der Waals surface area contributed by atoms with E-state index in [1.54, 1.807) is 0 Å². The summed E-state index contributed by atoms with van der Waals surface area (Å²) in [6.07, 6.45) is 6.14. The Labute approximate surface area is 118 Å². The average molecular weight is 279 g/mol. The molecule has 0 saturated carbocycles. The summed E-state index contributed by atoms with van der Waals surface area (Å²) in [6, 6.07) is 0. The van der Waals surface area contributed by atoms with Gasteiger partial charge in [0, 0.05) is 18.7 Å². The average Bonchev–Trinajstić information content (AvgIpc) is 2.98. The van der Waals surface area contributed by atoms with E-state index in [0.29, 0.717) is 25.5 Å². The number of esters is 1. The van der Waals surface area contributed by atoms with Crippen LogP contribution in [-0.4, -0.2) is 57.7 Å². The first-order valence-electron chi connectivity index (χ1n) is 7.10. The molecule has 1 aliphatic rings. The Morgan fingerprint density at radius 1 is 1.50 bits per heavy atom. The Kier molecular flexibility index (Phi) is 5.67. The number of aromatic nitrogens is 4. The fourth-order valence-electron chi connectivity index (χ4n) is 2.17. The monoisotopic (exact) mass is 279 g/mol. The summed E-state index contributed by atoms with van der Waals surface area (Å²) in [6.45, 7) is 4.48. The van der Waals surface area contributed by atoms with E-state index in [-0.39, 0.29) is 5.97 Å². The number of nitrogens with zero attached hydrogens (tertiary/aromatic N) is 4. The number of carbonyl (C=O) groups excluding carboxylic acids is 1. The van der Waals surface area contributed by atoms with E-state index < -0.39 is 0 Å². The van der Waals surface area contributed by atoms with Crippen LogP contribution in [-0.2, 0) is 9.53 Å². The minimum Gasteiger partial charge on any atom is -0.465 e. The number of unbranched alkanes of at least 4 members (excludes halogenated alkanes) is 2. The Morgan fingerprint density at radius 3 is 3.15 bits per heavy atom. The lowest BCUT2D eigenvalue weighted by Crippen LogP contribution is -2.35. The number of hydrogen-bond acceptors (Lipinski definition) is 6. The van der Waals surface area contributed by atoms with Crippen molar-refractivity contribution >= 4 is 11.5 Å². The zero-order chi connectivity index (χ0) is 14.2. The number of carbonyl (C=O) groups is 1. The molecule has 0 aliphatic carbocycles. The van der Waals surface area contributed by atoms with Crippen LogP contribution >= 0.6 is 0 Å². The topological polar surface area (TPSA) is 84.0 Å². The number of ether oxygens (including phenoxy) is 1. The smallest absolute Gasteiger partial charge is 0.320 e. The van der Waals surface area contributed by atoms with Crippen LogP contribution in [0.1, 0.15) is 38.4 Å². The molecule has 110 valence electrons. The molecule has 0 atom stereocenters. The number of aromatic amines is 1. The van der Waals surface area contributed by atoms with Crippen LogP contribution in [0, 0.1) is 0 Å². The van der Waals surface area contributed by atoms with Gasteiger partial charge in [-0.3, -0.25) is 9.69 Å². The van der Waals surface area contributed by atoms with Gasteiger partial charge in [-0.25, -0.2) is 0 Å². The summed E-state index contributed by atoms with van der Waals surface area (Å²) in [4.78, 5) is 13.8. The molecule has 0 aromatic carbocycles. The normalized spacial score (nSPS) is 15.9. The highest BCUT2D eigenvalue weighted by Gasteiger charge is 2.19. The molecule has 2 heterocycles. The largest absolute Gasteiger partial charge is 0.465 e. The molecule has 20 heavy (non-hydrogen) atoms. The van der Waals surface area contributed by atoms with Crippen molar-refractivity contribution in [2.24, 2.45) is 0 Å². The van der Waals surface area contributed by atoms with Gasteiger partial charge in [0.05, 0.1) is 13.2 Å². The maximum absolute atomic E-state index is 11.7. The second-order valence-electron chi connectivity index (χ2n) is 4.89. The van der Waals surface area contributed by atoms with Crippen molar-refractivity contribution in [3.8, 4) is 0 Å². The van der Waals surface area contributed by atoms with Gasteiger partial charge in [0.1, 0.15) is 0 Å². The third-order valence-electron chi connectivity index (χ3n) is 3.23. The molecule has 1 aromatic rings. The maximum atomic E-state index is 11.7. The van der Waals surface area contributed by atoms with Gasteiger partial charge in [0.25, 0.3) is 0 Å². The van der Waals surface area contributed by atoms with Gasteiger partial charge >= 0.3 is 5.97 Å². The van der Waals surface area contributed by atoms with Crippen molar-refractivity contribution in [3.63, 3.8) is 0 Å². The highest BCUT2D eigenvalue weighted by Crippen LogP contribution is 2.16. The van der Waals surface area contributed by atoms with Gasteiger partial charge in [-0.05, 0) is 18.1 Å². The third kappa shape index (κ3) is 4.41. The van der Waals surface area contributed by atoms with Gasteiger partial charge in [-0.1, -0.05) is 25.8 Å². The Bertz CT molecular complexity index is 444. The van der Waals surface area contributed by atoms with E-state index in [0.717, 1.165) is 37.8 Å². The molecule has 0 bridgehead atoms. The summed E-state index contributed by atoms with van der Waals surface area (Å²) >= 11 is 0. The molecule has 0 saturated heterocycles. The zero-order valence-corrected chi connectivity index (χ0v) is 11.8. The summed E-state index contributed by atoms with van der Waals surface area (Å²) < 4.78 is 5.22. The summed E-state index contributed by atoms with van der Waals surface area (Å²) in [5.74, 6) is 0.446. The molecule has 0 radical (unpaired) electrons. The molecule has 1 aliphatic heterocycles. The molecule has 0 fully saturated rings. The van der Waals surface area contributed by atoms with E-state index in [1.807, 2.05) is 4.90 Å². The number of rotatable bonds is 7. The quantitative estimate of drug-likeness (QED) is 0.592. The van der Waals surface area contributed by atoms with E-state index in [2.05, 4.69) is 33.6 Å². The number of tetrazole rings is 1. The van der Waals surface area contributed by atoms with E-state index in [4.69, 9.17) is 4.74 Å². The first kappa shape index (κ1) is 14.6. The van der Waals surface area contributed by atoms with Crippen LogP contribution in [0.2, 0.25) is 0 Å². The fraction of sp³-hybridized carbons (Fsp3) is 0.692. The Morgan fingerprint density at radius 2 is 2.40 bits per heavy atom. The number of nitrogens with one attached hydrogen (secondary N) is 1. The van der Waals surface area contributed by atoms with Crippen molar-refractivity contribution in [3.05, 3.63) is 11.9 Å². The summed E-state index contributed by atoms with van der Waals surface area (Å²) in [5.41, 5.74) is 1.00. The van der Waals surface area contributed by atoms with Crippen LogP contribution in [0.5, 0.6) is 0 Å². The molecule has 0 spiro atoms. The number of hydrogen-bond donors (Lipinski definition) is 1. The van der Waals surface area contributed by atoms with Gasteiger partial charge in [-0.2, -0.15) is 5.21 Å². The van der Waals surface area contributed by atoms with Gasteiger partial charge < -0.3 is 4.74 Å². The van der Waals surface area contributed by atoms with Crippen LogP contribution in [0.4, 0.5) is 0 Å². The van der Waals surface area contributed by atoms with Crippen molar-refractivity contribution in [2.75, 3.05) is 26.2 Å². The zero-order valence-electron chi connectivity index (χ0n) is 11.8. The first-order chi connectivity index (χ1) is 9.79. The lowest BCUT2D eigenvalue weighted by molar-refractivity contribution is -0.144. The van der Waals surface area contributed by atoms with E-state index >= 15 is 0 Å². The minimum atomic E-state index is -0.157. The molecule has 7 heteroatoms. The molecule has 7 nitrogen and oxygen atoms in total. The molecule has 2 rings (SSSR count). The molecule has 1 aromatic heterocycles. The number of H-pyrrole nitrogens is 1. The van der Waals surface area contributed by atoms with Crippen LogP contribution in [0.15, 0.2) is 6.08 Å². The van der Waals surface area contributed by atoms with Crippen LogP contribution < -0.4 is 0 Å². The maximum Gasteiger partial charge on any atom is 0.320 e. The Balaban J connectivity index is 1.74. The first-order valence-corrected chi connectivity index (χ1v) is 7.10. The summed E-state index contributed by atoms with van der Waals surface area (Å²) in [7, 11) is 0. The minimum absolute atomic E-state index is 0.157. The fourth-order valence-corrected chi connectivity index (χ4v) is 2.17. The van der Waals surface area contributed by atoms with Gasteiger partial charge in [-0.15, -0.1) is 10.2 Å². The predicted molar refractivity (Wildman–Crippen MR) is 73.7 cm³/mol. The van der Waals surface area contributed by atoms with Crippen molar-refractivity contribution in [1.82, 2.24) is 25.5 Å². The van der Waals surface area contributed by atoms with Gasteiger partial charge in [0.15, 0.2) is 0 Å². The Hall–Kier alpha value is -1.76. The van der Waals surface area contributed by atoms with Crippen LogP contribution in [0.25, 0.3) is 5.57 Å². The lowest BCUT2D eigenvalue weighted by atomic mass is 10.1. The SMILES string of the molecule is CCCCCOC(=O)CN1CCC=C(c2nn[nH]n2)C1. The molecular formula is C13H21N5O2. The van der Waals surface area contributed by atoms with Crippen molar-refractivity contribution in [2.45, 2.75) is 32.6 Å². The molecule has 0 amide bonds. The van der Waals surface area contributed by atoms with E-state index in [1.165, 1.54) is 0 Å². The van der Waals surface area contributed by atoms with Crippen molar-refractivity contribution < 1.29 is 9.53 Å². The lowest BCUT2D eigenvalue weighted by Gasteiger charge is -2.24. The second kappa shape index (κ2) is 7.74. The predicted octanol–water partition coefficient (Wildman–Crippen LogP) is 1.02. The van der Waals surface area contributed by atoms with E-state index in [9.17, 15) is 4.79 Å². The van der Waals surface area contributed by atoms with Gasteiger partial charge in [0.2, 0.25) is 5.82 Å². The highest BCUT2D eigenvalue weighted by atomic mass is 16.5. The third-order valence-corrected chi connectivity index (χ3v) is 3.23.